The van der Waals surface area contributed by atoms with Crippen molar-refractivity contribution in [2.45, 2.75) is 50.8 Å². The first-order valence-corrected chi connectivity index (χ1v) is 15.9. The molecule has 44 heavy (non-hydrogen) atoms. The predicted molar refractivity (Wildman–Crippen MR) is 170 cm³/mol. The summed E-state index contributed by atoms with van der Waals surface area (Å²) in [5.41, 5.74) is 1.69. The highest BCUT2D eigenvalue weighted by Crippen LogP contribution is 2.39. The molecule has 1 fully saturated rings. The predicted octanol–water partition coefficient (Wildman–Crippen LogP) is 5.51. The Bertz CT molecular complexity index is 1570. The number of aromatic nitrogens is 1. The number of benzene rings is 2. The molecule has 0 aliphatic carbocycles. The Kier molecular flexibility index (Phi) is 9.21. The zero-order valence-electron chi connectivity index (χ0n) is 24.6. The van der Waals surface area contributed by atoms with E-state index in [1.807, 2.05) is 60.7 Å². The van der Waals surface area contributed by atoms with Crippen molar-refractivity contribution in [3.05, 3.63) is 101 Å². The summed E-state index contributed by atoms with van der Waals surface area (Å²) in [5, 5.41) is 6.81. The zero-order chi connectivity index (χ0) is 31.4. The second kappa shape index (κ2) is 13.1. The Morgan fingerprint density at radius 3 is 2.27 bits per heavy atom. The van der Waals surface area contributed by atoms with Crippen LogP contribution in [-0.4, -0.2) is 56.5 Å². The number of nitrogens with zero attached hydrogens (tertiary/aromatic N) is 2. The molecular weight excluding hydrogens is 601 g/mol. The van der Waals surface area contributed by atoms with Gasteiger partial charge in [-0.15, -0.1) is 23.1 Å². The van der Waals surface area contributed by atoms with Gasteiger partial charge in [-0.25, -0.2) is 14.6 Å². The van der Waals surface area contributed by atoms with Crippen LogP contribution < -0.4 is 10.6 Å². The Labute approximate surface area is 263 Å². The fourth-order valence-corrected chi connectivity index (χ4v) is 6.63. The number of rotatable bonds is 8. The van der Waals surface area contributed by atoms with Gasteiger partial charge in [0.15, 0.2) is 11.2 Å². The highest BCUT2D eigenvalue weighted by atomic mass is 32.2. The third-order valence-corrected chi connectivity index (χ3v) is 8.63. The molecule has 2 aliphatic heterocycles. The molecule has 2 aliphatic rings. The molecule has 3 heterocycles. The number of hydrogen-bond donors (Lipinski definition) is 2. The Balaban J connectivity index is 1.24. The van der Waals surface area contributed by atoms with Gasteiger partial charge < -0.3 is 14.8 Å². The smallest absolute Gasteiger partial charge is 0.413 e. The van der Waals surface area contributed by atoms with Gasteiger partial charge in [0, 0.05) is 11.1 Å². The molecule has 1 aromatic heterocycles. The van der Waals surface area contributed by atoms with Crippen LogP contribution >= 0.6 is 23.1 Å². The molecule has 2 N–H and O–H groups in total. The number of carbonyl (C=O) groups excluding carboxylic acids is 4. The SMILES string of the molecule is CC=C(C(=O)NC1C(=O)N2C(C(=O)OC(c3ccccc3)c3ccccc3)=CCS[C@@H]12)c1csc(NC(=O)OC(C)(C)C)n1. The molecule has 10 nitrogen and oxygen atoms in total. The number of ether oxygens (including phenoxy) is 2. The number of fused-ring (bicyclic) bond motifs is 1. The molecule has 3 aromatic rings. The van der Waals surface area contributed by atoms with Gasteiger partial charge in [-0.05, 0) is 44.9 Å². The van der Waals surface area contributed by atoms with Crippen LogP contribution in [0.3, 0.4) is 0 Å². The van der Waals surface area contributed by atoms with E-state index in [0.29, 0.717) is 11.4 Å². The highest BCUT2D eigenvalue weighted by Gasteiger charge is 2.53. The van der Waals surface area contributed by atoms with Gasteiger partial charge >= 0.3 is 12.1 Å². The van der Waals surface area contributed by atoms with Crippen molar-refractivity contribution in [2.75, 3.05) is 11.1 Å². The highest BCUT2D eigenvalue weighted by molar-refractivity contribution is 8.00. The molecule has 0 radical (unpaired) electrons. The molecule has 5 rings (SSSR count). The Morgan fingerprint density at radius 2 is 1.68 bits per heavy atom. The van der Waals surface area contributed by atoms with Gasteiger partial charge in [0.05, 0.1) is 11.3 Å². The van der Waals surface area contributed by atoms with Crippen LogP contribution in [0.2, 0.25) is 0 Å². The van der Waals surface area contributed by atoms with E-state index in [4.69, 9.17) is 9.47 Å². The lowest BCUT2D eigenvalue weighted by Gasteiger charge is -2.48. The van der Waals surface area contributed by atoms with Crippen molar-refractivity contribution in [1.29, 1.82) is 0 Å². The van der Waals surface area contributed by atoms with Crippen molar-refractivity contribution in [3.63, 3.8) is 0 Å². The van der Waals surface area contributed by atoms with E-state index < -0.39 is 47.0 Å². The summed E-state index contributed by atoms with van der Waals surface area (Å²) in [7, 11) is 0. The molecule has 3 amide bonds. The van der Waals surface area contributed by atoms with Crippen molar-refractivity contribution < 1.29 is 28.7 Å². The normalized spacial score (nSPS) is 18.1. The number of esters is 1. The molecule has 1 saturated heterocycles. The lowest BCUT2D eigenvalue weighted by molar-refractivity contribution is -0.154. The second-order valence-corrected chi connectivity index (χ2v) is 13.0. The lowest BCUT2D eigenvalue weighted by Crippen LogP contribution is -2.70. The number of amides is 3. The first-order chi connectivity index (χ1) is 21.1. The van der Waals surface area contributed by atoms with Crippen molar-refractivity contribution >= 4 is 57.7 Å². The number of hydrogen-bond acceptors (Lipinski definition) is 9. The molecule has 0 bridgehead atoms. The fourth-order valence-electron chi connectivity index (χ4n) is 4.74. The van der Waals surface area contributed by atoms with Gasteiger partial charge in [0.25, 0.3) is 11.8 Å². The number of thioether (sulfide) groups is 1. The molecule has 0 spiro atoms. The van der Waals surface area contributed by atoms with Gasteiger partial charge in [0.2, 0.25) is 0 Å². The topological polar surface area (TPSA) is 127 Å². The minimum atomic E-state index is -0.837. The summed E-state index contributed by atoms with van der Waals surface area (Å²) in [6.07, 6.45) is 1.96. The average Bonchev–Trinajstić information content (AvgIpc) is 3.45. The number of carbonyl (C=O) groups is 4. The Morgan fingerprint density at radius 1 is 1.05 bits per heavy atom. The zero-order valence-corrected chi connectivity index (χ0v) is 26.2. The van der Waals surface area contributed by atoms with E-state index in [0.717, 1.165) is 22.5 Å². The van der Waals surface area contributed by atoms with E-state index in [9.17, 15) is 19.2 Å². The molecule has 2 aromatic carbocycles. The van der Waals surface area contributed by atoms with Crippen LogP contribution in [0.25, 0.3) is 5.57 Å². The van der Waals surface area contributed by atoms with E-state index in [1.54, 1.807) is 45.2 Å². The molecule has 0 saturated carbocycles. The van der Waals surface area contributed by atoms with Gasteiger partial charge in [-0.3, -0.25) is 19.8 Å². The average molecular weight is 633 g/mol. The standard InChI is InChI=1S/C32H32N4O6S2/c1-5-21(22-18-44-30(33-22)35-31(40)42-32(2,3)4)26(37)34-24-27(38)36-23(16-17-43-28(24)36)29(39)41-25(19-12-8-6-9-13-19)20-14-10-7-11-15-20/h5-16,18,24-25,28H,17H2,1-4H3,(H,34,37)(H,33,35,40)/t24?,28-/m0/s1. The van der Waals surface area contributed by atoms with Crippen LogP contribution in [0.15, 0.2) is 83.9 Å². The number of β-lactam (4-membered cyclic amide) rings is 1. The van der Waals surface area contributed by atoms with Gasteiger partial charge in [-0.1, -0.05) is 66.7 Å². The van der Waals surface area contributed by atoms with Crippen LogP contribution in [0, 0.1) is 0 Å². The third-order valence-electron chi connectivity index (χ3n) is 6.69. The van der Waals surface area contributed by atoms with E-state index in [1.165, 1.54) is 16.7 Å². The quantitative estimate of drug-likeness (QED) is 0.189. The molecular formula is C32H32N4O6S2. The minimum absolute atomic E-state index is 0.157. The summed E-state index contributed by atoms with van der Waals surface area (Å²) in [4.78, 5) is 57.9. The summed E-state index contributed by atoms with van der Waals surface area (Å²) >= 11 is 2.59. The van der Waals surface area contributed by atoms with Crippen molar-refractivity contribution in [1.82, 2.24) is 15.2 Å². The van der Waals surface area contributed by atoms with E-state index >= 15 is 0 Å². The Hall–Kier alpha value is -4.42. The van der Waals surface area contributed by atoms with Crippen molar-refractivity contribution in [2.24, 2.45) is 0 Å². The summed E-state index contributed by atoms with van der Waals surface area (Å²) in [6.45, 7) is 6.95. The van der Waals surface area contributed by atoms with Gasteiger partial charge in [-0.2, -0.15) is 0 Å². The number of nitrogens with one attached hydrogen (secondary N) is 2. The summed E-state index contributed by atoms with van der Waals surface area (Å²) in [5.74, 6) is -1.05. The molecule has 12 heteroatoms. The van der Waals surface area contributed by atoms with Crippen LogP contribution in [0.1, 0.15) is 50.6 Å². The molecule has 1 unspecified atom stereocenters. The second-order valence-electron chi connectivity index (χ2n) is 10.9. The molecule has 228 valence electrons. The van der Waals surface area contributed by atoms with Gasteiger partial charge in [0.1, 0.15) is 22.7 Å². The maximum absolute atomic E-state index is 13.5. The van der Waals surface area contributed by atoms with E-state index in [-0.39, 0.29) is 16.4 Å². The number of allylic oxidation sites excluding steroid dienone is 1. The number of anilines is 1. The minimum Gasteiger partial charge on any atom is -0.448 e. The maximum Gasteiger partial charge on any atom is 0.413 e. The lowest BCUT2D eigenvalue weighted by atomic mass is 10.0. The monoisotopic (exact) mass is 632 g/mol. The summed E-state index contributed by atoms with van der Waals surface area (Å²) in [6, 6.07) is 18.0. The fraction of sp³-hybridized carbons (Fsp3) is 0.281. The first kappa shape index (κ1) is 31.0. The van der Waals surface area contributed by atoms with Crippen LogP contribution in [0.4, 0.5) is 9.93 Å². The summed E-state index contributed by atoms with van der Waals surface area (Å²) < 4.78 is 11.3. The van der Waals surface area contributed by atoms with E-state index in [2.05, 4.69) is 15.6 Å². The number of thiazole rings is 1. The van der Waals surface area contributed by atoms with Crippen LogP contribution in [-0.2, 0) is 23.9 Å². The van der Waals surface area contributed by atoms with Crippen molar-refractivity contribution in [3.8, 4) is 0 Å². The molecule has 2 atom stereocenters. The maximum atomic E-state index is 13.5. The third kappa shape index (κ3) is 6.87. The van der Waals surface area contributed by atoms with Crippen LogP contribution in [0.5, 0.6) is 0 Å². The largest absolute Gasteiger partial charge is 0.448 e. The first-order valence-electron chi connectivity index (χ1n) is 13.9.